The van der Waals surface area contributed by atoms with Gasteiger partial charge in [0.25, 0.3) is 0 Å². The summed E-state index contributed by atoms with van der Waals surface area (Å²) in [6.45, 7) is 0. The van der Waals surface area contributed by atoms with Gasteiger partial charge in [0, 0.05) is 52.1 Å². The van der Waals surface area contributed by atoms with Crippen molar-refractivity contribution in [1.82, 2.24) is 4.57 Å². The highest BCUT2D eigenvalue weighted by molar-refractivity contribution is 7.30. The molecule has 52 heavy (non-hydrogen) atoms. The Kier molecular flexibility index (Phi) is 5.80. The summed E-state index contributed by atoms with van der Waals surface area (Å²) < 4.78 is 7.99. The number of nitrogens with zero attached hydrogens (tertiary/aromatic N) is 1. The van der Waals surface area contributed by atoms with Crippen molar-refractivity contribution in [3.63, 3.8) is 0 Å². The van der Waals surface area contributed by atoms with Gasteiger partial charge >= 0.3 is 0 Å². The molecule has 3 heteroatoms. The van der Waals surface area contributed by atoms with Crippen molar-refractivity contribution in [2.45, 2.75) is 5.41 Å². The van der Waals surface area contributed by atoms with Crippen LogP contribution in [0, 0.1) is 0 Å². The summed E-state index contributed by atoms with van der Waals surface area (Å²) in [4.78, 5) is 0. The number of hydrogen-bond acceptors (Lipinski definition) is 2. The van der Waals surface area contributed by atoms with E-state index >= 15 is 0 Å². The number of benzene rings is 8. The van der Waals surface area contributed by atoms with Gasteiger partial charge in [-0.2, -0.15) is 0 Å². The van der Waals surface area contributed by atoms with E-state index < -0.39 is 5.41 Å². The molecule has 11 aromatic rings. The van der Waals surface area contributed by atoms with Gasteiger partial charge in [0.2, 0.25) is 0 Å². The van der Waals surface area contributed by atoms with Crippen LogP contribution in [0.4, 0.5) is 0 Å². The molecule has 12 rings (SSSR count). The first kappa shape index (κ1) is 28.7. The van der Waals surface area contributed by atoms with E-state index in [0.717, 1.165) is 0 Å². The van der Waals surface area contributed by atoms with Crippen LogP contribution >= 0.6 is 22.7 Å². The lowest BCUT2D eigenvalue weighted by atomic mass is 9.67. The molecule has 0 unspecified atom stereocenters. The zero-order valence-electron chi connectivity index (χ0n) is 28.0. The fourth-order valence-corrected chi connectivity index (χ4v) is 12.0. The molecular formula is C49H29NS2. The summed E-state index contributed by atoms with van der Waals surface area (Å²) in [5.41, 5.74) is 11.1. The molecule has 0 atom stereocenters. The second-order valence-electron chi connectivity index (χ2n) is 13.9. The van der Waals surface area contributed by atoms with Gasteiger partial charge in [-0.3, -0.25) is 0 Å². The molecule has 3 heterocycles. The maximum atomic E-state index is 2.58. The average Bonchev–Trinajstić information content (AvgIpc) is 3.95. The van der Waals surface area contributed by atoms with Gasteiger partial charge in [0.1, 0.15) is 0 Å². The van der Waals surface area contributed by atoms with E-state index in [-0.39, 0.29) is 0 Å². The van der Waals surface area contributed by atoms with Crippen LogP contribution in [-0.2, 0) is 5.41 Å². The summed E-state index contributed by atoms with van der Waals surface area (Å²) in [6.07, 6.45) is 0. The highest BCUT2D eigenvalue weighted by Crippen LogP contribution is 2.57. The Morgan fingerprint density at radius 1 is 0.404 bits per heavy atom. The van der Waals surface area contributed by atoms with Gasteiger partial charge in [-0.25, -0.2) is 0 Å². The molecule has 0 bridgehead atoms. The molecule has 8 aromatic carbocycles. The molecule has 0 saturated carbocycles. The van der Waals surface area contributed by atoms with Gasteiger partial charge in [-0.1, -0.05) is 146 Å². The Hall–Kier alpha value is -6.00. The first-order chi connectivity index (χ1) is 25.8. The first-order valence-corrected chi connectivity index (χ1v) is 19.5. The average molecular weight is 696 g/mol. The SMILES string of the molecule is c1ccc(C2(c3ccccc3)c3ccccc3-c3ccc(-n4c5ccccc5c5c6c7ccccc7sc6c6c7ccccc7sc6c54)cc32)cc1. The molecule has 0 aliphatic heterocycles. The second-order valence-corrected chi connectivity index (χ2v) is 16.0. The van der Waals surface area contributed by atoms with Crippen molar-refractivity contribution in [3.05, 3.63) is 198 Å². The molecule has 0 amide bonds. The minimum atomic E-state index is -0.465. The Bertz CT molecular complexity index is 3190. The van der Waals surface area contributed by atoms with Gasteiger partial charge in [0.15, 0.2) is 0 Å². The molecular weight excluding hydrogens is 667 g/mol. The normalized spacial score (nSPS) is 13.5. The molecule has 0 saturated heterocycles. The monoisotopic (exact) mass is 695 g/mol. The number of para-hydroxylation sites is 1. The van der Waals surface area contributed by atoms with Crippen LogP contribution in [0.5, 0.6) is 0 Å². The molecule has 0 N–H and O–H groups in total. The van der Waals surface area contributed by atoms with E-state index in [1.165, 1.54) is 101 Å². The van der Waals surface area contributed by atoms with Gasteiger partial charge in [-0.15, -0.1) is 22.7 Å². The lowest BCUT2D eigenvalue weighted by molar-refractivity contribution is 0.767. The standard InChI is InChI=1S/C49H29NS2/c1-3-15-30(16-4-1)49(31-17-5-2-6-18-31)38-23-11-7-19-33(38)34-28-27-32(29-39(34)49)50-40-24-12-8-20-35(40)43-44-36-21-9-13-25-41(36)51-47(44)45-37-22-10-14-26-42(37)52-48(45)46(43)50/h1-29H. The van der Waals surface area contributed by atoms with Crippen molar-refractivity contribution >= 4 is 84.8 Å². The summed E-state index contributed by atoms with van der Waals surface area (Å²) in [7, 11) is 0. The van der Waals surface area contributed by atoms with Crippen LogP contribution in [0.2, 0.25) is 0 Å². The molecule has 1 nitrogen and oxygen atoms in total. The Morgan fingerprint density at radius 3 is 1.69 bits per heavy atom. The van der Waals surface area contributed by atoms with Gasteiger partial charge in [-0.05, 0) is 63.7 Å². The van der Waals surface area contributed by atoms with Crippen LogP contribution in [0.3, 0.4) is 0 Å². The van der Waals surface area contributed by atoms with E-state index in [1.807, 2.05) is 22.7 Å². The molecule has 0 radical (unpaired) electrons. The zero-order chi connectivity index (χ0) is 34.0. The van der Waals surface area contributed by atoms with Crippen LogP contribution in [0.25, 0.3) is 79.0 Å². The predicted octanol–water partition coefficient (Wildman–Crippen LogP) is 13.9. The number of rotatable bonds is 3. The minimum Gasteiger partial charge on any atom is -0.308 e. The van der Waals surface area contributed by atoms with Crippen molar-refractivity contribution in [1.29, 1.82) is 0 Å². The minimum absolute atomic E-state index is 0.465. The molecule has 1 aliphatic rings. The third-order valence-corrected chi connectivity index (χ3v) is 13.8. The molecule has 1 aliphatic carbocycles. The fraction of sp³-hybridized carbons (Fsp3) is 0.0204. The van der Waals surface area contributed by atoms with E-state index in [4.69, 9.17) is 0 Å². The number of hydrogen-bond donors (Lipinski definition) is 0. The highest BCUT2D eigenvalue weighted by Gasteiger charge is 2.46. The third kappa shape index (κ3) is 3.57. The van der Waals surface area contributed by atoms with Crippen molar-refractivity contribution in [3.8, 4) is 16.8 Å². The quantitative estimate of drug-likeness (QED) is 0.173. The molecule has 3 aromatic heterocycles. The molecule has 0 fully saturated rings. The Labute approximate surface area is 308 Å². The highest BCUT2D eigenvalue weighted by atomic mass is 32.1. The summed E-state index contributed by atoms with van der Waals surface area (Å²) >= 11 is 3.88. The topological polar surface area (TPSA) is 4.93 Å². The first-order valence-electron chi connectivity index (χ1n) is 17.9. The smallest absolute Gasteiger partial charge is 0.0727 e. The summed E-state index contributed by atoms with van der Waals surface area (Å²) in [5.74, 6) is 0. The third-order valence-electron chi connectivity index (χ3n) is 11.5. The lowest BCUT2D eigenvalue weighted by Gasteiger charge is -2.34. The second kappa shape index (κ2) is 10.5. The van der Waals surface area contributed by atoms with Crippen LogP contribution in [0.1, 0.15) is 22.3 Å². The number of fused-ring (bicyclic) bond motifs is 15. The summed E-state index contributed by atoms with van der Waals surface area (Å²) in [6, 6.07) is 65.6. The van der Waals surface area contributed by atoms with Gasteiger partial charge in [0.05, 0.1) is 21.1 Å². The van der Waals surface area contributed by atoms with Gasteiger partial charge < -0.3 is 4.57 Å². The molecule has 242 valence electrons. The van der Waals surface area contributed by atoms with Crippen molar-refractivity contribution < 1.29 is 0 Å². The maximum absolute atomic E-state index is 2.58. The summed E-state index contributed by atoms with van der Waals surface area (Å²) in [5, 5.41) is 8.08. The fourth-order valence-electron chi connectivity index (χ4n) is 9.46. The van der Waals surface area contributed by atoms with Crippen molar-refractivity contribution in [2.24, 2.45) is 0 Å². The van der Waals surface area contributed by atoms with Crippen LogP contribution in [0.15, 0.2) is 176 Å². The van der Waals surface area contributed by atoms with Crippen molar-refractivity contribution in [2.75, 3.05) is 0 Å². The van der Waals surface area contributed by atoms with E-state index in [1.54, 1.807) is 0 Å². The Morgan fingerprint density at radius 2 is 0.962 bits per heavy atom. The van der Waals surface area contributed by atoms with E-state index in [2.05, 4.69) is 180 Å². The molecule has 0 spiro atoms. The van der Waals surface area contributed by atoms with E-state index in [0.29, 0.717) is 0 Å². The maximum Gasteiger partial charge on any atom is 0.0727 e. The zero-order valence-corrected chi connectivity index (χ0v) is 29.6. The number of thiophene rings is 2. The lowest BCUT2D eigenvalue weighted by Crippen LogP contribution is -2.28. The predicted molar refractivity (Wildman–Crippen MR) is 224 cm³/mol. The number of aromatic nitrogens is 1. The van der Waals surface area contributed by atoms with Crippen LogP contribution < -0.4 is 0 Å². The van der Waals surface area contributed by atoms with Crippen LogP contribution in [-0.4, -0.2) is 4.57 Å². The Balaban J connectivity index is 1.28. The largest absolute Gasteiger partial charge is 0.308 e. The van der Waals surface area contributed by atoms with E-state index in [9.17, 15) is 0 Å².